The Balaban J connectivity index is 0.00000242. The van der Waals surface area contributed by atoms with Crippen LogP contribution in [0, 0.1) is 5.82 Å². The molecule has 22 heavy (non-hydrogen) atoms. The average molecular weight is 394 g/mol. The monoisotopic (exact) mass is 392 g/mol. The van der Waals surface area contributed by atoms with Gasteiger partial charge in [0.2, 0.25) is 0 Å². The highest BCUT2D eigenvalue weighted by Crippen LogP contribution is 2.18. The Kier molecular flexibility index (Phi) is 8.98. The minimum absolute atomic E-state index is 0. The van der Waals surface area contributed by atoms with Crippen molar-refractivity contribution in [1.82, 2.24) is 10.6 Å². The van der Waals surface area contributed by atoms with E-state index in [1.165, 1.54) is 56.7 Å². The molecule has 1 aliphatic carbocycles. The fraction of sp³-hybridized carbons (Fsp3) is 0.562. The van der Waals surface area contributed by atoms with Crippen molar-refractivity contribution >= 4 is 34.2 Å². The van der Waals surface area contributed by atoms with Crippen molar-refractivity contribution in [3.05, 3.63) is 34.1 Å². The molecule has 1 aromatic rings. The van der Waals surface area contributed by atoms with Crippen LogP contribution in [-0.4, -0.2) is 25.0 Å². The largest absolute Gasteiger partial charge is 0.351 e. The highest BCUT2D eigenvalue weighted by Gasteiger charge is 2.12. The summed E-state index contributed by atoms with van der Waals surface area (Å²) in [5.41, 5.74) is 0.464. The molecule has 0 atom stereocenters. The van der Waals surface area contributed by atoms with E-state index in [-0.39, 0.29) is 24.1 Å². The van der Waals surface area contributed by atoms with Crippen molar-refractivity contribution < 1.29 is 9.18 Å². The molecule has 1 saturated carbocycles. The lowest BCUT2D eigenvalue weighted by molar-refractivity contribution is 0.0952. The molecule has 0 saturated heterocycles. The maximum Gasteiger partial charge on any atom is 0.252 e. The SMILES string of the molecule is Cl.O=C(NCCNC1CCCCCC1)c1ccc(F)cc1Br. The maximum atomic E-state index is 13.0. The highest BCUT2D eigenvalue weighted by atomic mass is 79.9. The number of amides is 1. The molecule has 0 heterocycles. The Morgan fingerprint density at radius 1 is 1.18 bits per heavy atom. The molecular formula is C16H23BrClFN2O. The number of carbonyl (C=O) groups excluding carboxylic acids is 1. The Morgan fingerprint density at radius 2 is 1.86 bits per heavy atom. The number of rotatable bonds is 5. The lowest BCUT2D eigenvalue weighted by Crippen LogP contribution is -2.37. The summed E-state index contributed by atoms with van der Waals surface area (Å²) in [6, 6.07) is 4.68. The first kappa shape index (κ1) is 19.4. The average Bonchev–Trinajstić information content (AvgIpc) is 2.72. The van der Waals surface area contributed by atoms with Gasteiger partial charge in [0.1, 0.15) is 5.82 Å². The smallest absolute Gasteiger partial charge is 0.252 e. The van der Waals surface area contributed by atoms with Crippen molar-refractivity contribution in [2.24, 2.45) is 0 Å². The second-order valence-electron chi connectivity index (χ2n) is 5.52. The molecule has 6 heteroatoms. The van der Waals surface area contributed by atoms with Crippen LogP contribution in [0.5, 0.6) is 0 Å². The van der Waals surface area contributed by atoms with Gasteiger partial charge < -0.3 is 10.6 Å². The van der Waals surface area contributed by atoms with Crippen LogP contribution in [0.15, 0.2) is 22.7 Å². The number of carbonyl (C=O) groups is 1. The van der Waals surface area contributed by atoms with Gasteiger partial charge in [0, 0.05) is 23.6 Å². The van der Waals surface area contributed by atoms with Gasteiger partial charge in [0.15, 0.2) is 0 Å². The van der Waals surface area contributed by atoms with Crippen LogP contribution in [0.1, 0.15) is 48.9 Å². The van der Waals surface area contributed by atoms with Gasteiger partial charge in [-0.15, -0.1) is 12.4 Å². The van der Waals surface area contributed by atoms with E-state index in [2.05, 4.69) is 26.6 Å². The molecule has 0 aliphatic heterocycles. The third-order valence-corrected chi connectivity index (χ3v) is 4.53. The Bertz CT molecular complexity index is 479. The van der Waals surface area contributed by atoms with Gasteiger partial charge in [0.25, 0.3) is 5.91 Å². The van der Waals surface area contributed by atoms with Crippen LogP contribution >= 0.6 is 28.3 Å². The van der Waals surface area contributed by atoms with Gasteiger partial charge in [-0.25, -0.2) is 4.39 Å². The van der Waals surface area contributed by atoms with Gasteiger partial charge in [-0.1, -0.05) is 25.7 Å². The van der Waals surface area contributed by atoms with E-state index in [1.54, 1.807) is 0 Å². The molecule has 1 aliphatic rings. The normalized spacial score (nSPS) is 15.7. The molecule has 1 amide bonds. The summed E-state index contributed by atoms with van der Waals surface area (Å²) in [4.78, 5) is 12.0. The molecule has 2 rings (SSSR count). The topological polar surface area (TPSA) is 41.1 Å². The summed E-state index contributed by atoms with van der Waals surface area (Å²) < 4.78 is 13.5. The summed E-state index contributed by atoms with van der Waals surface area (Å²) in [5.74, 6) is -0.530. The van der Waals surface area contributed by atoms with Gasteiger partial charge in [-0.05, 0) is 47.0 Å². The molecule has 124 valence electrons. The van der Waals surface area contributed by atoms with Crippen LogP contribution in [0.4, 0.5) is 4.39 Å². The van der Waals surface area contributed by atoms with E-state index >= 15 is 0 Å². The first-order valence-electron chi connectivity index (χ1n) is 7.63. The molecule has 0 unspecified atom stereocenters. The van der Waals surface area contributed by atoms with Crippen molar-refractivity contribution in [2.45, 2.75) is 44.6 Å². The molecule has 0 aromatic heterocycles. The zero-order valence-corrected chi connectivity index (χ0v) is 14.9. The molecule has 3 nitrogen and oxygen atoms in total. The van der Waals surface area contributed by atoms with Crippen molar-refractivity contribution in [3.8, 4) is 0 Å². The van der Waals surface area contributed by atoms with E-state index in [0.29, 0.717) is 22.6 Å². The molecule has 0 spiro atoms. The first-order chi connectivity index (χ1) is 10.2. The quantitative estimate of drug-likeness (QED) is 0.585. The maximum absolute atomic E-state index is 13.0. The predicted molar refractivity (Wildman–Crippen MR) is 93.2 cm³/mol. The number of hydrogen-bond donors (Lipinski definition) is 2. The minimum Gasteiger partial charge on any atom is -0.351 e. The first-order valence-corrected chi connectivity index (χ1v) is 8.43. The van der Waals surface area contributed by atoms with Crippen molar-refractivity contribution in [1.29, 1.82) is 0 Å². The van der Waals surface area contributed by atoms with E-state index in [0.717, 1.165) is 6.54 Å². The molecule has 1 aromatic carbocycles. The Labute approximate surface area is 146 Å². The van der Waals surface area contributed by atoms with Crippen LogP contribution in [0.3, 0.4) is 0 Å². The van der Waals surface area contributed by atoms with Crippen molar-refractivity contribution in [2.75, 3.05) is 13.1 Å². The summed E-state index contributed by atoms with van der Waals surface area (Å²) >= 11 is 3.21. The lowest BCUT2D eigenvalue weighted by atomic mass is 10.1. The van der Waals surface area contributed by atoms with E-state index in [9.17, 15) is 9.18 Å². The third-order valence-electron chi connectivity index (χ3n) is 3.87. The van der Waals surface area contributed by atoms with E-state index < -0.39 is 0 Å². The summed E-state index contributed by atoms with van der Waals surface area (Å²) in [6.07, 6.45) is 7.75. The highest BCUT2D eigenvalue weighted by molar-refractivity contribution is 9.10. The Morgan fingerprint density at radius 3 is 2.50 bits per heavy atom. The Hall–Kier alpha value is -0.650. The zero-order valence-electron chi connectivity index (χ0n) is 12.5. The second-order valence-corrected chi connectivity index (χ2v) is 6.38. The van der Waals surface area contributed by atoms with Crippen molar-refractivity contribution in [3.63, 3.8) is 0 Å². The van der Waals surface area contributed by atoms with E-state index in [4.69, 9.17) is 0 Å². The molecular weight excluding hydrogens is 371 g/mol. The molecule has 0 radical (unpaired) electrons. The van der Waals surface area contributed by atoms with Crippen LogP contribution in [-0.2, 0) is 0 Å². The van der Waals surface area contributed by atoms with Crippen LogP contribution in [0.2, 0.25) is 0 Å². The second kappa shape index (κ2) is 10.2. The molecule has 1 fully saturated rings. The fourth-order valence-corrected chi connectivity index (χ4v) is 3.24. The fourth-order valence-electron chi connectivity index (χ4n) is 2.70. The number of hydrogen-bond acceptors (Lipinski definition) is 2. The van der Waals surface area contributed by atoms with Gasteiger partial charge in [-0.3, -0.25) is 4.79 Å². The van der Waals surface area contributed by atoms with Gasteiger partial charge >= 0.3 is 0 Å². The standard InChI is InChI=1S/C16H22BrFN2O.ClH/c17-15-11-12(18)7-8-14(15)16(21)20-10-9-19-13-5-3-1-2-4-6-13;/h7-8,11,13,19H,1-6,9-10H2,(H,20,21);1H. The number of halogens is 3. The van der Waals surface area contributed by atoms with Crippen LogP contribution < -0.4 is 10.6 Å². The summed E-state index contributed by atoms with van der Waals surface area (Å²) in [6.45, 7) is 1.36. The predicted octanol–water partition coefficient (Wildman–Crippen LogP) is 4.05. The third kappa shape index (κ3) is 6.23. The zero-order chi connectivity index (χ0) is 15.1. The van der Waals surface area contributed by atoms with Gasteiger partial charge in [-0.2, -0.15) is 0 Å². The molecule has 2 N–H and O–H groups in total. The minimum atomic E-state index is -0.353. The van der Waals surface area contributed by atoms with Gasteiger partial charge in [0.05, 0.1) is 5.56 Å². The summed E-state index contributed by atoms with van der Waals surface area (Å²) in [7, 11) is 0. The number of nitrogens with one attached hydrogen (secondary N) is 2. The molecule has 0 bridgehead atoms. The lowest BCUT2D eigenvalue weighted by Gasteiger charge is -2.16. The van der Waals surface area contributed by atoms with Crippen LogP contribution in [0.25, 0.3) is 0 Å². The van der Waals surface area contributed by atoms with E-state index in [1.807, 2.05) is 0 Å². The summed E-state index contributed by atoms with van der Waals surface area (Å²) in [5, 5.41) is 6.37. The number of benzene rings is 1.